The van der Waals surface area contributed by atoms with Crippen LogP contribution >= 0.6 is 0 Å². The number of carbonyl (C=O) groups is 2. The maximum atomic E-state index is 12.3. The Morgan fingerprint density at radius 2 is 2.33 bits per heavy atom. The number of hydrogen-bond acceptors (Lipinski definition) is 5. The Balaban J connectivity index is 1.60. The van der Waals surface area contributed by atoms with Crippen molar-refractivity contribution in [1.82, 2.24) is 25.2 Å². The smallest absolute Gasteiger partial charge is 0.354 e. The maximum Gasteiger partial charge on any atom is 0.354 e. The highest BCUT2D eigenvalue weighted by Gasteiger charge is 2.25. The van der Waals surface area contributed by atoms with Crippen LogP contribution in [-0.4, -0.2) is 56.0 Å². The number of pyridine rings is 1. The molecule has 8 heteroatoms. The number of aromatic amines is 1. The van der Waals surface area contributed by atoms with Crippen molar-refractivity contribution in [1.29, 1.82) is 0 Å². The molecule has 1 saturated heterocycles. The number of likely N-dealkylation sites (tertiary alicyclic amines) is 1. The maximum absolute atomic E-state index is 12.3. The van der Waals surface area contributed by atoms with E-state index in [1.807, 2.05) is 18.3 Å². The Bertz CT molecular complexity index is 716. The summed E-state index contributed by atoms with van der Waals surface area (Å²) in [5.74, 6) is -1.65. The van der Waals surface area contributed by atoms with Gasteiger partial charge < -0.3 is 15.4 Å². The fourth-order valence-electron chi connectivity index (χ4n) is 2.95. The molecule has 1 aliphatic rings. The lowest BCUT2D eigenvalue weighted by atomic mass is 10.0. The molecule has 3 heterocycles. The van der Waals surface area contributed by atoms with Gasteiger partial charge in [-0.2, -0.15) is 0 Å². The summed E-state index contributed by atoms with van der Waals surface area (Å²) in [4.78, 5) is 36.0. The summed E-state index contributed by atoms with van der Waals surface area (Å²) in [7, 11) is 0. The van der Waals surface area contributed by atoms with Crippen LogP contribution in [-0.2, 0) is 6.54 Å². The van der Waals surface area contributed by atoms with Crippen molar-refractivity contribution in [3.8, 4) is 0 Å². The largest absolute Gasteiger partial charge is 0.477 e. The van der Waals surface area contributed by atoms with E-state index in [-0.39, 0.29) is 17.4 Å². The number of nitrogens with one attached hydrogen (secondary N) is 2. The van der Waals surface area contributed by atoms with E-state index in [1.54, 1.807) is 6.20 Å². The number of aromatic carboxylic acids is 1. The third-order valence-electron chi connectivity index (χ3n) is 4.04. The Morgan fingerprint density at radius 3 is 3.08 bits per heavy atom. The predicted molar refractivity (Wildman–Crippen MR) is 85.5 cm³/mol. The minimum Gasteiger partial charge on any atom is -0.477 e. The zero-order valence-electron chi connectivity index (χ0n) is 13.1. The summed E-state index contributed by atoms with van der Waals surface area (Å²) in [5, 5.41) is 11.9. The molecule has 0 aliphatic carbocycles. The van der Waals surface area contributed by atoms with Crippen LogP contribution in [0, 0.1) is 0 Å². The van der Waals surface area contributed by atoms with Gasteiger partial charge in [-0.05, 0) is 31.0 Å². The number of imidazole rings is 1. The molecule has 1 atom stereocenters. The molecule has 0 radical (unpaired) electrons. The number of carboxylic acid groups (broad SMARTS) is 1. The van der Waals surface area contributed by atoms with Crippen LogP contribution in [0.3, 0.4) is 0 Å². The number of piperidine rings is 1. The summed E-state index contributed by atoms with van der Waals surface area (Å²) in [5.41, 5.74) is 0.868. The summed E-state index contributed by atoms with van der Waals surface area (Å²) in [6.07, 6.45) is 6.63. The third-order valence-corrected chi connectivity index (χ3v) is 4.04. The van der Waals surface area contributed by atoms with E-state index >= 15 is 0 Å². The monoisotopic (exact) mass is 329 g/mol. The van der Waals surface area contributed by atoms with Gasteiger partial charge in [-0.15, -0.1) is 0 Å². The second-order valence-corrected chi connectivity index (χ2v) is 5.84. The number of aromatic nitrogens is 3. The lowest BCUT2D eigenvalue weighted by molar-refractivity contribution is 0.0683. The molecule has 2 aromatic rings. The fraction of sp³-hybridized carbons (Fsp3) is 0.375. The number of hydrogen-bond donors (Lipinski definition) is 3. The highest BCUT2D eigenvalue weighted by atomic mass is 16.4. The van der Waals surface area contributed by atoms with Gasteiger partial charge in [-0.1, -0.05) is 6.07 Å². The molecule has 0 bridgehead atoms. The van der Waals surface area contributed by atoms with Crippen molar-refractivity contribution >= 4 is 11.9 Å². The van der Waals surface area contributed by atoms with Crippen LogP contribution in [0.5, 0.6) is 0 Å². The van der Waals surface area contributed by atoms with Crippen molar-refractivity contribution in [3.63, 3.8) is 0 Å². The first kappa shape index (κ1) is 16.1. The molecule has 126 valence electrons. The van der Waals surface area contributed by atoms with Crippen LogP contribution in [0.25, 0.3) is 0 Å². The van der Waals surface area contributed by atoms with E-state index in [4.69, 9.17) is 5.11 Å². The van der Waals surface area contributed by atoms with Crippen LogP contribution in [0.2, 0.25) is 0 Å². The van der Waals surface area contributed by atoms with Crippen LogP contribution in [0.4, 0.5) is 0 Å². The SMILES string of the molecule is O=C(NC1CCCN(Cc2cccnc2)C1)c1nc[nH]c1C(=O)O. The highest BCUT2D eigenvalue weighted by Crippen LogP contribution is 2.14. The molecule has 3 N–H and O–H groups in total. The Hall–Kier alpha value is -2.74. The zero-order valence-corrected chi connectivity index (χ0v) is 13.1. The molecular formula is C16H19N5O3. The Morgan fingerprint density at radius 1 is 1.46 bits per heavy atom. The van der Waals surface area contributed by atoms with Crippen molar-refractivity contribution in [2.75, 3.05) is 13.1 Å². The van der Waals surface area contributed by atoms with Crippen LogP contribution in [0.1, 0.15) is 39.4 Å². The van der Waals surface area contributed by atoms with Gasteiger partial charge in [0.2, 0.25) is 0 Å². The Labute approximate surface area is 138 Å². The second kappa shape index (κ2) is 7.22. The fourth-order valence-corrected chi connectivity index (χ4v) is 2.95. The zero-order chi connectivity index (χ0) is 16.9. The lowest BCUT2D eigenvalue weighted by Crippen LogP contribution is -2.47. The average molecular weight is 329 g/mol. The van der Waals surface area contributed by atoms with Crippen molar-refractivity contribution in [2.45, 2.75) is 25.4 Å². The number of rotatable bonds is 5. The first-order valence-electron chi connectivity index (χ1n) is 7.82. The minimum atomic E-state index is -1.19. The summed E-state index contributed by atoms with van der Waals surface area (Å²) >= 11 is 0. The normalized spacial score (nSPS) is 18.2. The number of carboxylic acids is 1. The van der Waals surface area contributed by atoms with E-state index in [0.717, 1.165) is 31.5 Å². The first-order chi connectivity index (χ1) is 11.6. The lowest BCUT2D eigenvalue weighted by Gasteiger charge is -2.33. The number of nitrogens with zero attached hydrogens (tertiary/aromatic N) is 3. The van der Waals surface area contributed by atoms with E-state index in [2.05, 4.69) is 25.2 Å². The molecule has 1 amide bonds. The molecule has 24 heavy (non-hydrogen) atoms. The minimum absolute atomic E-state index is 0.0266. The van der Waals surface area contributed by atoms with Gasteiger partial charge in [0, 0.05) is 31.5 Å². The molecule has 0 spiro atoms. The molecule has 2 aromatic heterocycles. The summed E-state index contributed by atoms with van der Waals surface area (Å²) < 4.78 is 0. The Kier molecular flexibility index (Phi) is 4.85. The van der Waals surface area contributed by atoms with E-state index in [1.165, 1.54) is 6.33 Å². The molecule has 0 saturated carbocycles. The molecule has 1 aliphatic heterocycles. The van der Waals surface area contributed by atoms with Crippen LogP contribution in [0.15, 0.2) is 30.9 Å². The van der Waals surface area contributed by atoms with Gasteiger partial charge in [0.25, 0.3) is 5.91 Å². The highest BCUT2D eigenvalue weighted by molar-refractivity contribution is 6.02. The average Bonchev–Trinajstić information content (AvgIpc) is 3.06. The first-order valence-corrected chi connectivity index (χ1v) is 7.82. The second-order valence-electron chi connectivity index (χ2n) is 5.84. The van der Waals surface area contributed by atoms with Gasteiger partial charge in [0.05, 0.1) is 6.33 Å². The number of carbonyl (C=O) groups excluding carboxylic acids is 1. The van der Waals surface area contributed by atoms with E-state index in [9.17, 15) is 9.59 Å². The van der Waals surface area contributed by atoms with Crippen molar-refractivity contribution in [2.24, 2.45) is 0 Å². The van der Waals surface area contributed by atoms with Crippen molar-refractivity contribution in [3.05, 3.63) is 47.8 Å². The molecular weight excluding hydrogens is 310 g/mol. The molecule has 0 aromatic carbocycles. The van der Waals surface area contributed by atoms with E-state index < -0.39 is 11.9 Å². The van der Waals surface area contributed by atoms with Crippen LogP contribution < -0.4 is 5.32 Å². The van der Waals surface area contributed by atoms with Gasteiger partial charge in [0.15, 0.2) is 11.4 Å². The van der Waals surface area contributed by atoms with Gasteiger partial charge >= 0.3 is 5.97 Å². The molecule has 3 rings (SSSR count). The van der Waals surface area contributed by atoms with Crippen molar-refractivity contribution < 1.29 is 14.7 Å². The topological polar surface area (TPSA) is 111 Å². The molecule has 1 fully saturated rings. The summed E-state index contributed by atoms with van der Waals surface area (Å²) in [6, 6.07) is 3.91. The van der Waals surface area contributed by atoms with E-state index in [0.29, 0.717) is 6.54 Å². The predicted octanol–water partition coefficient (Wildman–Crippen LogP) is 0.897. The number of amides is 1. The third kappa shape index (κ3) is 3.77. The molecule has 8 nitrogen and oxygen atoms in total. The van der Waals surface area contributed by atoms with Gasteiger partial charge in [-0.3, -0.25) is 14.7 Å². The number of H-pyrrole nitrogens is 1. The van der Waals surface area contributed by atoms with Gasteiger partial charge in [0.1, 0.15) is 0 Å². The standard InChI is InChI=1S/C16H19N5O3/c22-15(13-14(16(23)24)19-10-18-13)20-12-4-2-6-21(9-12)8-11-3-1-5-17-7-11/h1,3,5,7,10,12H,2,4,6,8-9H2,(H,18,19)(H,20,22)(H,23,24). The quantitative estimate of drug-likeness (QED) is 0.751. The van der Waals surface area contributed by atoms with Gasteiger partial charge in [-0.25, -0.2) is 9.78 Å². The molecule has 1 unspecified atom stereocenters. The summed E-state index contributed by atoms with van der Waals surface area (Å²) in [6.45, 7) is 2.46.